The number of esters is 1. The number of aromatic nitrogens is 4. The van der Waals surface area contributed by atoms with Crippen LogP contribution in [0.1, 0.15) is 108 Å². The second-order valence-electron chi connectivity index (χ2n) is 20.0. The van der Waals surface area contributed by atoms with E-state index in [1.54, 1.807) is 22.7 Å². The predicted molar refractivity (Wildman–Crippen MR) is 278 cm³/mol. The van der Waals surface area contributed by atoms with E-state index >= 15 is 0 Å². The highest BCUT2D eigenvalue weighted by Gasteiger charge is 2.45. The molecule has 1 unspecified atom stereocenters. The number of aliphatic hydroxyl groups excluding tert-OH is 1. The average molecular weight is 1010 g/mol. The van der Waals surface area contributed by atoms with Crippen LogP contribution in [0.25, 0.3) is 15.4 Å². The SMILES string of the molecule is COC(=O)C[C@@H]1N=C(c2ccc(N3CCc4ccc(OCC(=O)NC(C(=O)N5C[C@H](O)C[C@H]5C(=O)N[C@@H](C)c5ccc(-c6scnc6C)cc5)C(C)(C)C)cc4C3)cc2)c2c(sc(C)c2C)-n2c(C)nnc21. The normalized spacial score (nSPS) is 18.2. The van der Waals surface area contributed by atoms with Crippen LogP contribution in [0.2, 0.25) is 0 Å². The van der Waals surface area contributed by atoms with Gasteiger partial charge in [-0.3, -0.25) is 28.7 Å². The van der Waals surface area contributed by atoms with Crippen LogP contribution in [-0.4, -0.2) is 104 Å². The Morgan fingerprint density at radius 1 is 0.931 bits per heavy atom. The number of β-amino-alcohol motifs (C(OH)–C–C–N with tert-alkyl or cyclic N) is 1. The molecule has 3 N–H and O–H groups in total. The van der Waals surface area contributed by atoms with E-state index < -0.39 is 41.5 Å². The zero-order valence-electron chi connectivity index (χ0n) is 42.1. The monoisotopic (exact) mass is 1010 g/mol. The van der Waals surface area contributed by atoms with Crippen molar-refractivity contribution in [3.63, 3.8) is 0 Å². The van der Waals surface area contributed by atoms with Crippen molar-refractivity contribution in [1.29, 1.82) is 0 Å². The summed E-state index contributed by atoms with van der Waals surface area (Å²) < 4.78 is 13.2. The van der Waals surface area contributed by atoms with Crippen LogP contribution in [-0.2, 0) is 36.9 Å². The standard InChI is InChI=1S/C54H61N9O7S2/c1-29-32(4)72-53-46(29)47(57-42(24-45(66)69-9)50-60-59-33(5)63(50)53)36-14-17-39(18-15-36)61-21-20-35-16-19-41(22-38(35)25-61)70-27-44(65)58-49(54(6,7)8)52(68)62-26-40(64)23-43(62)51(67)56-30(2)34-10-12-37(13-11-34)48-31(3)55-28-71-48/h10-19,22,28,30,40,42-43,49,64H,20-21,23-27H2,1-9H3,(H,56,67)(H,58,65)/t30-,40+,42-,43-,49?/m0/s1. The molecule has 5 atom stereocenters. The third kappa shape index (κ3) is 10.2. The Morgan fingerprint density at radius 2 is 1.67 bits per heavy atom. The molecular formula is C54H61N9O7S2. The van der Waals surface area contributed by atoms with Gasteiger partial charge in [-0.2, -0.15) is 0 Å². The van der Waals surface area contributed by atoms with Crippen molar-refractivity contribution >= 4 is 57.8 Å². The number of thiazole rings is 1. The lowest BCUT2D eigenvalue weighted by atomic mass is 9.85. The Labute approximate surface area is 427 Å². The third-order valence-corrected chi connectivity index (χ3v) is 16.1. The summed E-state index contributed by atoms with van der Waals surface area (Å²) in [7, 11) is 1.38. The van der Waals surface area contributed by atoms with Crippen LogP contribution in [0.15, 0.2) is 77.2 Å². The van der Waals surface area contributed by atoms with E-state index in [0.29, 0.717) is 18.1 Å². The zero-order chi connectivity index (χ0) is 51.2. The molecule has 16 nitrogen and oxygen atoms in total. The van der Waals surface area contributed by atoms with E-state index in [2.05, 4.69) is 68.8 Å². The molecule has 3 aromatic carbocycles. The molecule has 0 saturated carbocycles. The number of methoxy groups -OCH3 is 1. The van der Waals surface area contributed by atoms with Crippen LogP contribution in [0.5, 0.6) is 5.75 Å². The van der Waals surface area contributed by atoms with Crippen molar-refractivity contribution in [2.45, 2.75) is 111 Å². The number of likely N-dealkylation sites (tertiary alicyclic amines) is 1. The number of nitrogens with zero attached hydrogens (tertiary/aromatic N) is 7. The minimum absolute atomic E-state index is 0.0296. The fourth-order valence-electron chi connectivity index (χ4n) is 9.81. The number of amides is 3. The van der Waals surface area contributed by atoms with Crippen LogP contribution in [0.4, 0.5) is 5.69 Å². The number of thiophene rings is 1. The topological polar surface area (TPSA) is 193 Å². The number of carbonyl (C=O) groups excluding carboxylic acids is 4. The molecule has 1 fully saturated rings. The zero-order valence-corrected chi connectivity index (χ0v) is 43.7. The van der Waals surface area contributed by atoms with Crippen molar-refractivity contribution < 1.29 is 33.8 Å². The molecule has 6 heterocycles. The third-order valence-electron chi connectivity index (χ3n) is 14.0. The second-order valence-corrected chi connectivity index (χ2v) is 22.1. The molecule has 376 valence electrons. The highest BCUT2D eigenvalue weighted by molar-refractivity contribution is 7.15. The molecule has 3 aliphatic heterocycles. The van der Waals surface area contributed by atoms with E-state index in [1.807, 2.05) is 94.1 Å². The molecular weight excluding hydrogens is 951 g/mol. The number of aliphatic imine (C=N–C) groups is 1. The van der Waals surface area contributed by atoms with Crippen molar-refractivity contribution in [3.8, 4) is 21.2 Å². The summed E-state index contributed by atoms with van der Waals surface area (Å²) in [5, 5.41) is 26.5. The van der Waals surface area contributed by atoms with Gasteiger partial charge in [0, 0.05) is 47.7 Å². The highest BCUT2D eigenvalue weighted by atomic mass is 32.1. The number of fused-ring (bicyclic) bond motifs is 4. The van der Waals surface area contributed by atoms with Crippen molar-refractivity contribution in [1.82, 2.24) is 35.3 Å². The number of hydrogen-bond acceptors (Lipinski definition) is 14. The minimum atomic E-state index is -1.00. The number of benzene rings is 3. The summed E-state index contributed by atoms with van der Waals surface area (Å²) in [6.45, 7) is 16.6. The molecule has 6 aromatic rings. The maximum Gasteiger partial charge on any atom is 0.308 e. The Kier molecular flexibility index (Phi) is 14.2. The molecule has 3 aliphatic rings. The van der Waals surface area contributed by atoms with Gasteiger partial charge in [0.25, 0.3) is 5.91 Å². The lowest BCUT2D eigenvalue weighted by Gasteiger charge is -2.35. The molecule has 9 rings (SSSR count). The number of aliphatic hydroxyl groups is 1. The number of aryl methyl sites for hydroxylation is 3. The summed E-state index contributed by atoms with van der Waals surface area (Å²) in [6, 6.07) is 19.3. The quantitative estimate of drug-likeness (QED) is 0.0974. The summed E-state index contributed by atoms with van der Waals surface area (Å²) in [6.07, 6.45) is 0.0343. The van der Waals surface area contributed by atoms with E-state index in [1.165, 1.54) is 17.6 Å². The van der Waals surface area contributed by atoms with Crippen molar-refractivity contribution in [3.05, 3.63) is 128 Å². The lowest BCUT2D eigenvalue weighted by Crippen LogP contribution is -2.58. The van der Waals surface area contributed by atoms with Gasteiger partial charge in [-0.1, -0.05) is 63.2 Å². The van der Waals surface area contributed by atoms with E-state index in [-0.39, 0.29) is 43.9 Å². The fraction of sp³-hybridized carbons (Fsp3) is 0.407. The number of rotatable bonds is 13. The first-order valence-corrected chi connectivity index (χ1v) is 25.9. The number of hydrogen-bond donors (Lipinski definition) is 3. The molecule has 18 heteroatoms. The first-order chi connectivity index (χ1) is 34.4. The van der Waals surface area contributed by atoms with Gasteiger partial charge in [0.1, 0.15) is 34.7 Å². The molecule has 0 spiro atoms. The summed E-state index contributed by atoms with van der Waals surface area (Å²) in [4.78, 5) is 69.9. The first-order valence-electron chi connectivity index (χ1n) is 24.2. The van der Waals surface area contributed by atoms with Gasteiger partial charge in [0.2, 0.25) is 11.8 Å². The van der Waals surface area contributed by atoms with Gasteiger partial charge in [0.05, 0.1) is 47.5 Å². The average Bonchev–Trinajstić information content (AvgIpc) is 4.13. The summed E-state index contributed by atoms with van der Waals surface area (Å²) in [5.74, 6) is 0.171. The molecule has 3 amide bonds. The maximum atomic E-state index is 14.3. The minimum Gasteiger partial charge on any atom is -0.484 e. The first kappa shape index (κ1) is 50.2. The van der Waals surface area contributed by atoms with Crippen LogP contribution in [0.3, 0.4) is 0 Å². The summed E-state index contributed by atoms with van der Waals surface area (Å²) in [5.41, 5.74) is 11.1. The van der Waals surface area contributed by atoms with Gasteiger partial charge in [0.15, 0.2) is 12.4 Å². The van der Waals surface area contributed by atoms with Crippen LogP contribution < -0.4 is 20.3 Å². The predicted octanol–water partition coefficient (Wildman–Crippen LogP) is 7.45. The van der Waals surface area contributed by atoms with Gasteiger partial charge in [-0.05, 0) is 98.5 Å². The van der Waals surface area contributed by atoms with Gasteiger partial charge < -0.3 is 35.0 Å². The van der Waals surface area contributed by atoms with Gasteiger partial charge in [-0.15, -0.1) is 32.9 Å². The molecule has 1 saturated heterocycles. The van der Waals surface area contributed by atoms with E-state index in [0.717, 1.165) is 84.0 Å². The van der Waals surface area contributed by atoms with Gasteiger partial charge in [-0.25, -0.2) is 4.98 Å². The lowest BCUT2D eigenvalue weighted by molar-refractivity contribution is -0.144. The number of carbonyl (C=O) groups is 4. The molecule has 0 aliphatic carbocycles. The number of anilines is 1. The molecule has 3 aromatic heterocycles. The maximum absolute atomic E-state index is 14.3. The molecule has 0 bridgehead atoms. The van der Waals surface area contributed by atoms with Crippen molar-refractivity contribution in [2.75, 3.05) is 31.7 Å². The Hall–Kier alpha value is -6.76. The number of ether oxygens (including phenoxy) is 2. The van der Waals surface area contributed by atoms with E-state index in [4.69, 9.17) is 14.5 Å². The van der Waals surface area contributed by atoms with Crippen LogP contribution >= 0.6 is 22.7 Å². The fourth-order valence-corrected chi connectivity index (χ4v) is 11.8. The van der Waals surface area contributed by atoms with Gasteiger partial charge >= 0.3 is 5.97 Å². The number of nitrogens with one attached hydrogen (secondary N) is 2. The largest absolute Gasteiger partial charge is 0.484 e. The Morgan fingerprint density at radius 3 is 2.36 bits per heavy atom. The van der Waals surface area contributed by atoms with Crippen LogP contribution in [0, 0.1) is 33.1 Å². The van der Waals surface area contributed by atoms with E-state index in [9.17, 15) is 24.3 Å². The highest BCUT2D eigenvalue weighted by Crippen LogP contribution is 2.40. The smallest absolute Gasteiger partial charge is 0.308 e. The summed E-state index contributed by atoms with van der Waals surface area (Å²) >= 11 is 3.24. The second kappa shape index (κ2) is 20.4. The molecule has 72 heavy (non-hydrogen) atoms. The Balaban J connectivity index is 0.840. The molecule has 0 radical (unpaired) electrons. The Bertz CT molecular complexity index is 3060. The van der Waals surface area contributed by atoms with Crippen molar-refractivity contribution in [2.24, 2.45) is 10.4 Å².